The molecule has 1 amide bonds. The second-order valence-electron chi connectivity index (χ2n) is 7.18. The van der Waals surface area contributed by atoms with Crippen molar-refractivity contribution in [3.8, 4) is 11.1 Å². The number of nitrogens with two attached hydrogens (primary N) is 1. The number of anilines is 2. The Labute approximate surface area is 177 Å². The summed E-state index contributed by atoms with van der Waals surface area (Å²) in [5.41, 5.74) is 8.61. The fourth-order valence-electron chi connectivity index (χ4n) is 2.96. The number of benzene rings is 1. The smallest absolute Gasteiger partial charge is 0.475 e. The number of carbonyl (C=O) groups excluding carboxylic acids is 1. The molecule has 3 rings (SSSR count). The van der Waals surface area contributed by atoms with Crippen LogP contribution < -0.4 is 15.5 Å². The van der Waals surface area contributed by atoms with Crippen LogP contribution in [0.3, 0.4) is 0 Å². The van der Waals surface area contributed by atoms with Gasteiger partial charge in [-0.25, -0.2) is 14.8 Å². The van der Waals surface area contributed by atoms with Crippen LogP contribution in [-0.4, -0.2) is 60.3 Å². The van der Waals surface area contributed by atoms with Gasteiger partial charge in [0.15, 0.2) is 0 Å². The Morgan fingerprint density at radius 3 is 2.13 bits per heavy atom. The molecule has 0 saturated carbocycles. The molecule has 0 unspecified atom stereocenters. The van der Waals surface area contributed by atoms with E-state index in [1.807, 2.05) is 32.6 Å². The number of carboxylic acid groups (broad SMARTS) is 1. The van der Waals surface area contributed by atoms with Crippen LogP contribution in [0.25, 0.3) is 11.1 Å². The second kappa shape index (κ2) is 10.1. The largest absolute Gasteiger partial charge is 0.490 e. The topological polar surface area (TPSA) is 113 Å². The Bertz CT molecular complexity index is 896. The summed E-state index contributed by atoms with van der Waals surface area (Å²) in [5.74, 6) is -2.26. The van der Waals surface area contributed by atoms with E-state index in [1.54, 1.807) is 0 Å². The fourth-order valence-corrected chi connectivity index (χ4v) is 2.96. The number of aliphatic carboxylic acids is 1. The van der Waals surface area contributed by atoms with Crippen molar-refractivity contribution < 1.29 is 27.9 Å². The van der Waals surface area contributed by atoms with Gasteiger partial charge in [0.2, 0.25) is 11.9 Å². The third kappa shape index (κ3) is 6.83. The van der Waals surface area contributed by atoms with Gasteiger partial charge in [-0.15, -0.1) is 0 Å². The van der Waals surface area contributed by atoms with Crippen molar-refractivity contribution in [1.82, 2.24) is 9.97 Å². The van der Waals surface area contributed by atoms with Crippen molar-refractivity contribution in [2.75, 3.05) is 37.0 Å². The molecule has 1 aliphatic heterocycles. The van der Waals surface area contributed by atoms with Crippen molar-refractivity contribution >= 4 is 23.5 Å². The highest BCUT2D eigenvalue weighted by Gasteiger charge is 2.38. The Morgan fingerprint density at radius 1 is 1.13 bits per heavy atom. The van der Waals surface area contributed by atoms with E-state index in [2.05, 4.69) is 38.0 Å². The lowest BCUT2D eigenvalue weighted by Crippen LogP contribution is -2.39. The number of hydrogen-bond acceptors (Lipinski definition) is 6. The SMILES string of the molecule is CN(C)c1cccc(-c2cnc(N3CCC(C(N)=O)CC3)nc2)c1.O=C(O)C(F)(F)F. The van der Waals surface area contributed by atoms with Gasteiger partial charge in [-0.1, -0.05) is 12.1 Å². The van der Waals surface area contributed by atoms with Gasteiger partial charge >= 0.3 is 12.1 Å². The summed E-state index contributed by atoms with van der Waals surface area (Å²) in [6.07, 6.45) is 0.172. The zero-order chi connectivity index (χ0) is 23.2. The third-order valence-corrected chi connectivity index (χ3v) is 4.76. The average molecular weight is 439 g/mol. The maximum absolute atomic E-state index is 11.2. The van der Waals surface area contributed by atoms with E-state index in [1.165, 1.54) is 0 Å². The first-order chi connectivity index (χ1) is 14.5. The number of carboxylic acids is 1. The Hall–Kier alpha value is -3.37. The van der Waals surface area contributed by atoms with Crippen molar-refractivity contribution in [1.29, 1.82) is 0 Å². The Kier molecular flexibility index (Phi) is 7.78. The molecule has 0 aliphatic carbocycles. The number of alkyl halides is 3. The van der Waals surface area contributed by atoms with Gasteiger partial charge in [0, 0.05) is 56.7 Å². The first-order valence-corrected chi connectivity index (χ1v) is 9.43. The monoisotopic (exact) mass is 439 g/mol. The van der Waals surface area contributed by atoms with Crippen LogP contribution >= 0.6 is 0 Å². The molecule has 31 heavy (non-hydrogen) atoms. The number of carbonyl (C=O) groups is 2. The van der Waals surface area contributed by atoms with Gasteiger partial charge < -0.3 is 20.6 Å². The predicted octanol–water partition coefficient (Wildman–Crippen LogP) is 2.54. The molecular weight excluding hydrogens is 415 g/mol. The number of rotatable bonds is 4. The molecule has 1 aromatic heterocycles. The van der Waals surface area contributed by atoms with Gasteiger partial charge in [0.25, 0.3) is 0 Å². The molecule has 8 nitrogen and oxygen atoms in total. The van der Waals surface area contributed by atoms with Crippen LogP contribution in [0.1, 0.15) is 12.8 Å². The van der Waals surface area contributed by atoms with E-state index in [0.717, 1.165) is 42.7 Å². The van der Waals surface area contributed by atoms with Crippen LogP contribution in [0.4, 0.5) is 24.8 Å². The van der Waals surface area contributed by atoms with E-state index >= 15 is 0 Å². The summed E-state index contributed by atoms with van der Waals surface area (Å²) in [4.78, 5) is 33.3. The number of nitrogens with zero attached hydrogens (tertiary/aromatic N) is 4. The molecule has 3 N–H and O–H groups in total. The van der Waals surface area contributed by atoms with Gasteiger partial charge in [-0.05, 0) is 30.5 Å². The summed E-state index contributed by atoms with van der Waals surface area (Å²) in [6, 6.07) is 8.29. The summed E-state index contributed by atoms with van der Waals surface area (Å²) < 4.78 is 31.7. The number of primary amides is 1. The lowest BCUT2D eigenvalue weighted by molar-refractivity contribution is -0.192. The summed E-state index contributed by atoms with van der Waals surface area (Å²) in [6.45, 7) is 1.53. The van der Waals surface area contributed by atoms with E-state index in [-0.39, 0.29) is 11.8 Å². The minimum absolute atomic E-state index is 0.0192. The lowest BCUT2D eigenvalue weighted by Gasteiger charge is -2.30. The van der Waals surface area contributed by atoms with Crippen molar-refractivity contribution in [2.45, 2.75) is 19.0 Å². The highest BCUT2D eigenvalue weighted by Crippen LogP contribution is 2.25. The molecule has 0 radical (unpaired) electrons. The molecule has 1 saturated heterocycles. The normalized spacial score (nSPS) is 14.4. The average Bonchev–Trinajstić information content (AvgIpc) is 2.74. The molecule has 0 spiro atoms. The molecule has 0 atom stereocenters. The third-order valence-electron chi connectivity index (χ3n) is 4.76. The maximum atomic E-state index is 11.2. The molecule has 168 valence electrons. The Morgan fingerprint density at radius 2 is 1.68 bits per heavy atom. The molecule has 1 aromatic carbocycles. The van der Waals surface area contributed by atoms with Crippen LogP contribution in [0.15, 0.2) is 36.7 Å². The summed E-state index contributed by atoms with van der Waals surface area (Å²) in [5, 5.41) is 7.12. The van der Waals surface area contributed by atoms with Crippen molar-refractivity contribution in [3.63, 3.8) is 0 Å². The minimum Gasteiger partial charge on any atom is -0.475 e. The quantitative estimate of drug-likeness (QED) is 0.753. The lowest BCUT2D eigenvalue weighted by atomic mass is 9.96. The fraction of sp³-hybridized carbons (Fsp3) is 0.400. The second-order valence-corrected chi connectivity index (χ2v) is 7.18. The van der Waals surface area contributed by atoms with E-state index in [0.29, 0.717) is 5.95 Å². The van der Waals surface area contributed by atoms with Gasteiger partial charge in [0.05, 0.1) is 0 Å². The predicted molar refractivity (Wildman–Crippen MR) is 110 cm³/mol. The summed E-state index contributed by atoms with van der Waals surface area (Å²) >= 11 is 0. The van der Waals surface area contributed by atoms with E-state index < -0.39 is 12.1 Å². The first kappa shape index (κ1) is 23.9. The maximum Gasteiger partial charge on any atom is 0.490 e. The molecule has 0 bridgehead atoms. The number of hydrogen-bond donors (Lipinski definition) is 2. The number of amides is 1. The van der Waals surface area contributed by atoms with E-state index in [9.17, 15) is 18.0 Å². The van der Waals surface area contributed by atoms with Crippen LogP contribution in [0, 0.1) is 5.92 Å². The zero-order valence-electron chi connectivity index (χ0n) is 17.1. The molecule has 1 fully saturated rings. The van der Waals surface area contributed by atoms with Crippen molar-refractivity contribution in [2.24, 2.45) is 11.7 Å². The highest BCUT2D eigenvalue weighted by atomic mass is 19.4. The van der Waals surface area contributed by atoms with Gasteiger partial charge in [0.1, 0.15) is 0 Å². The van der Waals surface area contributed by atoms with Crippen LogP contribution in [0.2, 0.25) is 0 Å². The van der Waals surface area contributed by atoms with Crippen molar-refractivity contribution in [3.05, 3.63) is 36.7 Å². The molecule has 11 heteroatoms. The number of aromatic nitrogens is 2. The van der Waals surface area contributed by atoms with Gasteiger partial charge in [-0.3, -0.25) is 4.79 Å². The zero-order valence-corrected chi connectivity index (χ0v) is 17.1. The van der Waals surface area contributed by atoms with Gasteiger partial charge in [-0.2, -0.15) is 13.2 Å². The highest BCUT2D eigenvalue weighted by molar-refractivity contribution is 5.77. The molecule has 2 heterocycles. The minimum atomic E-state index is -5.08. The Balaban J connectivity index is 0.000000423. The molecule has 1 aliphatic rings. The molecular formula is C20H24F3N5O3. The van der Waals surface area contributed by atoms with E-state index in [4.69, 9.17) is 15.6 Å². The first-order valence-electron chi connectivity index (χ1n) is 9.43. The summed E-state index contributed by atoms with van der Waals surface area (Å²) in [7, 11) is 4.04. The van der Waals surface area contributed by atoms with Crippen LogP contribution in [-0.2, 0) is 9.59 Å². The standard InChI is InChI=1S/C18H23N5O.C2HF3O2/c1-22(2)16-5-3-4-14(10-16)15-11-20-18(21-12-15)23-8-6-13(7-9-23)17(19)24;3-2(4,5)1(6)7/h3-5,10-13H,6-9H2,1-2H3,(H2,19,24);(H,6,7). The van der Waals surface area contributed by atoms with Crippen LogP contribution in [0.5, 0.6) is 0 Å². The number of halogens is 3. The number of piperidine rings is 1. The molecule has 2 aromatic rings.